The van der Waals surface area contributed by atoms with Gasteiger partial charge in [0.1, 0.15) is 0 Å². The molecule has 0 heterocycles. The molecule has 0 aromatic heterocycles. The number of rotatable bonds is 4. The van der Waals surface area contributed by atoms with E-state index < -0.39 is 18.7 Å². The van der Waals surface area contributed by atoms with E-state index in [-0.39, 0.29) is 6.61 Å². The molecule has 0 fully saturated rings. The summed E-state index contributed by atoms with van der Waals surface area (Å²) in [6, 6.07) is 0. The molecule has 0 rings (SSSR count). The normalized spacial score (nSPS) is 17.0. The molecule has 72 valence electrons. The predicted molar refractivity (Wildman–Crippen MR) is 43.2 cm³/mol. The summed E-state index contributed by atoms with van der Waals surface area (Å²) in [7, 11) is -4.05. The van der Waals surface area contributed by atoms with Crippen molar-refractivity contribution in [1.29, 1.82) is 0 Å². The zero-order valence-electron chi connectivity index (χ0n) is 7.27. The number of carboxylic acid groups (broad SMARTS) is 1. The zero-order valence-corrected chi connectivity index (χ0v) is 8.17. The van der Waals surface area contributed by atoms with Gasteiger partial charge in [0.25, 0.3) is 0 Å². The van der Waals surface area contributed by atoms with Crippen molar-refractivity contribution in [3.63, 3.8) is 0 Å². The van der Waals surface area contributed by atoms with Crippen molar-refractivity contribution in [2.24, 2.45) is 0 Å². The molecule has 0 aromatic carbocycles. The van der Waals surface area contributed by atoms with Crippen LogP contribution in [-0.2, 0) is 13.9 Å². The maximum Gasteiger partial charge on any atom is 0.344 e. The van der Waals surface area contributed by atoms with E-state index in [4.69, 9.17) is 10.00 Å². The fourth-order valence-corrected chi connectivity index (χ4v) is 1.37. The minimum absolute atomic E-state index is 0.0183. The third-order valence-electron chi connectivity index (χ3n) is 1.53. The Bertz CT molecular complexity index is 222. The molecule has 0 aliphatic heterocycles. The fourth-order valence-electron chi connectivity index (χ4n) is 0.457. The Morgan fingerprint density at radius 1 is 1.58 bits per heavy atom. The van der Waals surface area contributed by atoms with Crippen LogP contribution in [0.15, 0.2) is 0 Å². The van der Waals surface area contributed by atoms with Crippen LogP contribution in [0.4, 0.5) is 0 Å². The number of carboxylic acids is 1. The molecular weight excluding hydrogens is 183 g/mol. The largest absolute Gasteiger partial charge is 0.480 e. The van der Waals surface area contributed by atoms with Crippen molar-refractivity contribution < 1.29 is 23.9 Å². The number of aliphatic carboxylic acids is 1. The van der Waals surface area contributed by atoms with Gasteiger partial charge in [-0.15, -0.1) is 0 Å². The molecule has 1 unspecified atom stereocenters. The van der Waals surface area contributed by atoms with Crippen molar-refractivity contribution in [1.82, 2.24) is 0 Å². The second-order valence-electron chi connectivity index (χ2n) is 2.80. The van der Waals surface area contributed by atoms with E-state index in [1.54, 1.807) is 0 Å². The molecule has 0 radical (unpaired) electrons. The van der Waals surface area contributed by atoms with Gasteiger partial charge in [-0.25, -0.2) is 0 Å². The first-order chi connectivity index (χ1) is 5.25. The highest BCUT2D eigenvalue weighted by atomic mass is 31.2. The molecule has 0 aliphatic carbocycles. The molecule has 0 aromatic rings. The highest BCUT2D eigenvalue weighted by Crippen LogP contribution is 2.54. The van der Waals surface area contributed by atoms with Crippen LogP contribution in [0.1, 0.15) is 20.8 Å². The first-order valence-corrected chi connectivity index (χ1v) is 5.04. The molecule has 0 amide bonds. The molecular formula is C6H13O5P. The van der Waals surface area contributed by atoms with Crippen LogP contribution >= 0.6 is 7.60 Å². The molecule has 0 aliphatic rings. The van der Waals surface area contributed by atoms with Crippen LogP contribution in [0.3, 0.4) is 0 Å². The predicted octanol–water partition coefficient (Wildman–Crippen LogP) is 1.07. The molecule has 12 heavy (non-hydrogen) atoms. The van der Waals surface area contributed by atoms with Gasteiger partial charge in [-0.2, -0.15) is 0 Å². The summed E-state index contributed by atoms with van der Waals surface area (Å²) in [5, 5.41) is 6.84. The van der Waals surface area contributed by atoms with Gasteiger partial charge in [-0.05, 0) is 20.8 Å². The summed E-state index contributed by atoms with van der Waals surface area (Å²) in [6.45, 7) is 3.86. The fraction of sp³-hybridized carbons (Fsp3) is 0.833. The van der Waals surface area contributed by atoms with Crippen molar-refractivity contribution in [3.8, 4) is 0 Å². The van der Waals surface area contributed by atoms with E-state index in [9.17, 15) is 9.36 Å². The van der Waals surface area contributed by atoms with E-state index in [0.29, 0.717) is 0 Å². The van der Waals surface area contributed by atoms with Gasteiger partial charge < -0.3 is 14.5 Å². The molecule has 2 N–H and O–H groups in total. The second-order valence-corrected chi connectivity index (χ2v) is 5.22. The van der Waals surface area contributed by atoms with Crippen molar-refractivity contribution in [3.05, 3.63) is 0 Å². The SMILES string of the molecule is CCOP(=O)(O)C(C)(C)C(=O)O. The van der Waals surface area contributed by atoms with E-state index in [2.05, 4.69) is 4.52 Å². The quantitative estimate of drug-likeness (QED) is 0.657. The number of hydrogen-bond acceptors (Lipinski definition) is 3. The Labute approximate surface area is 70.9 Å². The zero-order chi connectivity index (χ0) is 9.99. The molecule has 6 heteroatoms. The molecule has 0 saturated heterocycles. The lowest BCUT2D eigenvalue weighted by Crippen LogP contribution is -2.32. The van der Waals surface area contributed by atoms with Gasteiger partial charge in [-0.1, -0.05) is 0 Å². The highest BCUT2D eigenvalue weighted by molar-refractivity contribution is 7.55. The summed E-state index contributed by atoms with van der Waals surface area (Å²) < 4.78 is 15.7. The van der Waals surface area contributed by atoms with Crippen LogP contribution in [0.25, 0.3) is 0 Å². The van der Waals surface area contributed by atoms with E-state index >= 15 is 0 Å². The lowest BCUT2D eigenvalue weighted by molar-refractivity contribution is -0.139. The summed E-state index contributed by atoms with van der Waals surface area (Å²) >= 11 is 0. The Hall–Kier alpha value is -0.380. The number of hydrogen-bond donors (Lipinski definition) is 2. The smallest absolute Gasteiger partial charge is 0.344 e. The maximum atomic E-state index is 11.2. The summed E-state index contributed by atoms with van der Waals surface area (Å²) in [6.07, 6.45) is 0. The van der Waals surface area contributed by atoms with Crippen LogP contribution in [0.5, 0.6) is 0 Å². The van der Waals surface area contributed by atoms with Crippen molar-refractivity contribution in [2.75, 3.05) is 6.61 Å². The Kier molecular flexibility index (Phi) is 3.45. The number of carbonyl (C=O) groups is 1. The van der Waals surface area contributed by atoms with Crippen LogP contribution in [-0.4, -0.2) is 27.7 Å². The highest BCUT2D eigenvalue weighted by Gasteiger charge is 2.47. The lowest BCUT2D eigenvalue weighted by Gasteiger charge is -2.24. The average Bonchev–Trinajstić information content (AvgIpc) is 1.86. The first kappa shape index (κ1) is 11.6. The van der Waals surface area contributed by atoms with E-state index in [1.165, 1.54) is 6.92 Å². The first-order valence-electron chi connectivity index (χ1n) is 3.46. The molecule has 0 saturated carbocycles. The summed E-state index contributed by atoms with van der Waals surface area (Å²) in [5.41, 5.74) is 0. The lowest BCUT2D eigenvalue weighted by atomic mass is 10.2. The van der Waals surface area contributed by atoms with E-state index in [0.717, 1.165) is 13.8 Å². The standard InChI is InChI=1S/C6H13O5P/c1-4-11-12(9,10)6(2,3)5(7)8/h4H2,1-3H3,(H,7,8)(H,9,10). The Balaban J connectivity index is 4.76. The van der Waals surface area contributed by atoms with Gasteiger partial charge in [0.15, 0.2) is 5.16 Å². The van der Waals surface area contributed by atoms with Gasteiger partial charge >= 0.3 is 13.6 Å². The topological polar surface area (TPSA) is 83.8 Å². The third kappa shape index (κ3) is 2.06. The van der Waals surface area contributed by atoms with Gasteiger partial charge in [-0.3, -0.25) is 9.36 Å². The molecule has 5 nitrogen and oxygen atoms in total. The van der Waals surface area contributed by atoms with Gasteiger partial charge in [0.2, 0.25) is 0 Å². The molecule has 1 atom stereocenters. The van der Waals surface area contributed by atoms with Gasteiger partial charge in [0.05, 0.1) is 6.61 Å². The summed E-state index contributed by atoms with van der Waals surface area (Å²) in [4.78, 5) is 19.7. The monoisotopic (exact) mass is 196 g/mol. The van der Waals surface area contributed by atoms with Crippen LogP contribution < -0.4 is 0 Å². The van der Waals surface area contributed by atoms with Crippen LogP contribution in [0.2, 0.25) is 0 Å². The van der Waals surface area contributed by atoms with Crippen molar-refractivity contribution >= 4 is 13.6 Å². The Morgan fingerprint density at radius 2 is 2.00 bits per heavy atom. The third-order valence-corrected chi connectivity index (χ3v) is 3.75. The van der Waals surface area contributed by atoms with Crippen LogP contribution in [0, 0.1) is 0 Å². The minimum Gasteiger partial charge on any atom is -0.480 e. The van der Waals surface area contributed by atoms with Crippen molar-refractivity contribution in [2.45, 2.75) is 25.9 Å². The average molecular weight is 196 g/mol. The summed E-state index contributed by atoms with van der Waals surface area (Å²) in [5.74, 6) is -1.35. The maximum absolute atomic E-state index is 11.2. The Morgan fingerprint density at radius 3 is 2.25 bits per heavy atom. The van der Waals surface area contributed by atoms with Gasteiger partial charge in [0, 0.05) is 0 Å². The molecule has 0 bridgehead atoms. The molecule has 0 spiro atoms. The second kappa shape index (κ2) is 3.56. The van der Waals surface area contributed by atoms with E-state index in [1.807, 2.05) is 0 Å². The minimum atomic E-state index is -4.05.